The van der Waals surface area contributed by atoms with Crippen LogP contribution in [0, 0.1) is 11.3 Å². The van der Waals surface area contributed by atoms with Gasteiger partial charge in [0.05, 0.1) is 11.6 Å². The van der Waals surface area contributed by atoms with E-state index in [4.69, 9.17) is 5.26 Å². The minimum absolute atomic E-state index is 0.736. The van der Waals surface area contributed by atoms with Crippen molar-refractivity contribution in [1.82, 2.24) is 0 Å². The summed E-state index contributed by atoms with van der Waals surface area (Å²) < 4.78 is 0. The summed E-state index contributed by atoms with van der Waals surface area (Å²) in [4.78, 5) is 0. The molecule has 2 aliphatic rings. The number of hydrogen-bond acceptors (Lipinski definition) is 1. The number of fused-ring (bicyclic) bond motifs is 1. The monoisotopic (exact) mass is 153 g/mol. The molecule has 1 nitrogen and oxygen atoms in total. The van der Waals surface area contributed by atoms with Crippen LogP contribution in [0.4, 0.5) is 0 Å². The summed E-state index contributed by atoms with van der Waals surface area (Å²) >= 11 is 0. The van der Waals surface area contributed by atoms with E-state index in [2.05, 4.69) is 6.07 Å². The van der Waals surface area contributed by atoms with Gasteiger partial charge in [0.2, 0.25) is 0 Å². The van der Waals surface area contributed by atoms with Crippen molar-refractivity contribution in [3.8, 4) is 17.2 Å². The first-order chi connectivity index (χ1) is 5.92. The Hall–Kier alpha value is -1.81. The van der Waals surface area contributed by atoms with Gasteiger partial charge in [-0.05, 0) is 17.2 Å². The highest BCUT2D eigenvalue weighted by atomic mass is 14.2. The molecule has 0 N–H and O–H groups in total. The topological polar surface area (TPSA) is 23.8 Å². The summed E-state index contributed by atoms with van der Waals surface area (Å²) in [5.41, 5.74) is 2.89. The van der Waals surface area contributed by atoms with Crippen LogP contribution in [0.15, 0.2) is 42.5 Å². The lowest BCUT2D eigenvalue weighted by Gasteiger charge is -1.91. The highest BCUT2D eigenvalue weighted by Gasteiger charge is 2.03. The van der Waals surface area contributed by atoms with Crippen molar-refractivity contribution in [3.63, 3.8) is 0 Å². The smallest absolute Gasteiger partial charge is 0.0998 e. The largest absolute Gasteiger partial charge is 0.192 e. The Labute approximate surface area is 71.2 Å². The van der Waals surface area contributed by atoms with Gasteiger partial charge >= 0.3 is 0 Å². The highest BCUT2D eigenvalue weighted by Crippen LogP contribution is 2.24. The van der Waals surface area contributed by atoms with Crippen LogP contribution in [0.25, 0.3) is 11.1 Å². The predicted octanol–water partition coefficient (Wildman–Crippen LogP) is 2.66. The van der Waals surface area contributed by atoms with Crippen molar-refractivity contribution in [2.75, 3.05) is 0 Å². The molecular formula is C11H7N. The Bertz CT molecular complexity index is 412. The second kappa shape index (κ2) is 2.67. The van der Waals surface area contributed by atoms with Gasteiger partial charge in [0.25, 0.3) is 0 Å². The quantitative estimate of drug-likeness (QED) is 0.570. The molecule has 0 aliphatic heterocycles. The summed E-state index contributed by atoms with van der Waals surface area (Å²) in [6, 6.07) is 15.8. The molecule has 2 rings (SSSR count). The van der Waals surface area contributed by atoms with Gasteiger partial charge in [-0.2, -0.15) is 5.26 Å². The molecule has 0 unspecified atom stereocenters. The molecule has 0 fully saturated rings. The lowest BCUT2D eigenvalue weighted by atomic mass is 10.1. The number of rotatable bonds is 0. The van der Waals surface area contributed by atoms with E-state index in [0.29, 0.717) is 0 Å². The van der Waals surface area contributed by atoms with E-state index in [0.717, 1.165) is 16.7 Å². The molecule has 0 atom stereocenters. The first-order valence-electron chi connectivity index (χ1n) is 3.79. The van der Waals surface area contributed by atoms with Gasteiger partial charge in [-0.1, -0.05) is 36.4 Å². The SMILES string of the molecule is N#Cc1ccccc2cccc1-2. The maximum atomic E-state index is 8.82. The Kier molecular flexibility index (Phi) is 1.53. The first kappa shape index (κ1) is 6.87. The average Bonchev–Trinajstić information content (AvgIpc) is 2.46. The Morgan fingerprint density at radius 2 is 1.67 bits per heavy atom. The van der Waals surface area contributed by atoms with E-state index in [1.807, 2.05) is 42.5 Å². The summed E-state index contributed by atoms with van der Waals surface area (Å²) in [6.45, 7) is 0. The van der Waals surface area contributed by atoms with Crippen LogP contribution in [0.5, 0.6) is 0 Å². The van der Waals surface area contributed by atoms with Gasteiger partial charge in [0, 0.05) is 0 Å². The molecule has 0 saturated carbocycles. The summed E-state index contributed by atoms with van der Waals surface area (Å²) in [5, 5.41) is 8.82. The lowest BCUT2D eigenvalue weighted by Crippen LogP contribution is -1.73. The van der Waals surface area contributed by atoms with Crippen molar-refractivity contribution in [2.45, 2.75) is 0 Å². The maximum Gasteiger partial charge on any atom is 0.0998 e. The van der Waals surface area contributed by atoms with Crippen molar-refractivity contribution >= 4 is 0 Å². The van der Waals surface area contributed by atoms with E-state index in [9.17, 15) is 0 Å². The molecule has 0 aromatic carbocycles. The molecule has 0 radical (unpaired) electrons. The molecule has 0 amide bonds. The molecule has 2 aliphatic carbocycles. The molecule has 0 saturated heterocycles. The Morgan fingerprint density at radius 1 is 0.917 bits per heavy atom. The van der Waals surface area contributed by atoms with Gasteiger partial charge in [0.15, 0.2) is 0 Å². The molecule has 0 spiro atoms. The summed E-state index contributed by atoms with van der Waals surface area (Å²) in [6.07, 6.45) is 0. The molecule has 0 aromatic heterocycles. The van der Waals surface area contributed by atoms with E-state index in [1.54, 1.807) is 0 Å². The first-order valence-corrected chi connectivity index (χ1v) is 3.79. The van der Waals surface area contributed by atoms with Crippen molar-refractivity contribution in [3.05, 3.63) is 48.0 Å². The zero-order chi connectivity index (χ0) is 8.39. The second-order valence-corrected chi connectivity index (χ2v) is 2.64. The minimum Gasteiger partial charge on any atom is -0.192 e. The third kappa shape index (κ3) is 0.943. The van der Waals surface area contributed by atoms with Crippen LogP contribution in [0.3, 0.4) is 0 Å². The molecule has 0 bridgehead atoms. The fourth-order valence-corrected chi connectivity index (χ4v) is 1.32. The zero-order valence-corrected chi connectivity index (χ0v) is 6.49. The molecule has 56 valence electrons. The standard InChI is InChI=1S/C11H7N/c12-8-10-5-2-1-4-9-6-3-7-11(9)10/h1-7H. The molecule has 0 aromatic rings. The Balaban J connectivity index is 2.79. The van der Waals surface area contributed by atoms with Gasteiger partial charge < -0.3 is 0 Å². The molecular weight excluding hydrogens is 146 g/mol. The molecule has 12 heavy (non-hydrogen) atoms. The fourth-order valence-electron chi connectivity index (χ4n) is 1.32. The second-order valence-electron chi connectivity index (χ2n) is 2.64. The van der Waals surface area contributed by atoms with Crippen molar-refractivity contribution < 1.29 is 0 Å². The van der Waals surface area contributed by atoms with Crippen LogP contribution in [-0.4, -0.2) is 0 Å². The van der Waals surface area contributed by atoms with E-state index >= 15 is 0 Å². The molecule has 0 heterocycles. The third-order valence-corrected chi connectivity index (χ3v) is 1.91. The predicted molar refractivity (Wildman–Crippen MR) is 47.8 cm³/mol. The summed E-state index contributed by atoms with van der Waals surface area (Å²) in [5.74, 6) is 0. The lowest BCUT2D eigenvalue weighted by molar-refractivity contribution is 1.50. The van der Waals surface area contributed by atoms with Gasteiger partial charge in [-0.25, -0.2) is 0 Å². The van der Waals surface area contributed by atoms with E-state index in [1.165, 1.54) is 0 Å². The van der Waals surface area contributed by atoms with E-state index in [-0.39, 0.29) is 0 Å². The van der Waals surface area contributed by atoms with Crippen LogP contribution in [-0.2, 0) is 0 Å². The van der Waals surface area contributed by atoms with Gasteiger partial charge in [0.1, 0.15) is 0 Å². The Morgan fingerprint density at radius 3 is 2.50 bits per heavy atom. The van der Waals surface area contributed by atoms with Crippen LogP contribution in [0.1, 0.15) is 5.56 Å². The highest BCUT2D eigenvalue weighted by molar-refractivity contribution is 5.72. The van der Waals surface area contributed by atoms with Crippen LogP contribution < -0.4 is 0 Å². The average molecular weight is 153 g/mol. The maximum absolute atomic E-state index is 8.82. The van der Waals surface area contributed by atoms with Gasteiger partial charge in [-0.3, -0.25) is 0 Å². The number of nitriles is 1. The zero-order valence-electron chi connectivity index (χ0n) is 6.49. The molecule has 1 heteroatoms. The number of hydrogen-bond donors (Lipinski definition) is 0. The fraction of sp³-hybridized carbons (Fsp3) is 0. The minimum atomic E-state index is 0.736. The summed E-state index contributed by atoms with van der Waals surface area (Å²) in [7, 11) is 0. The van der Waals surface area contributed by atoms with Crippen LogP contribution >= 0.6 is 0 Å². The van der Waals surface area contributed by atoms with E-state index < -0.39 is 0 Å². The van der Waals surface area contributed by atoms with Crippen LogP contribution in [0.2, 0.25) is 0 Å². The normalized spacial score (nSPS) is 9.58. The third-order valence-electron chi connectivity index (χ3n) is 1.91. The number of nitrogens with zero attached hydrogens (tertiary/aromatic N) is 1. The van der Waals surface area contributed by atoms with Gasteiger partial charge in [-0.15, -0.1) is 0 Å². The van der Waals surface area contributed by atoms with Crippen molar-refractivity contribution in [1.29, 1.82) is 5.26 Å². The van der Waals surface area contributed by atoms with Crippen molar-refractivity contribution in [2.24, 2.45) is 0 Å².